The van der Waals surface area contributed by atoms with Gasteiger partial charge in [-0.2, -0.15) is 0 Å². The van der Waals surface area contributed by atoms with Crippen LogP contribution in [0.1, 0.15) is 17.5 Å². The zero-order chi connectivity index (χ0) is 13.3. The third-order valence-electron chi connectivity index (χ3n) is 3.19. The normalized spacial score (nSPS) is 23.2. The first kappa shape index (κ1) is 13.0. The van der Waals surface area contributed by atoms with Crippen LogP contribution in [0.3, 0.4) is 0 Å². The smallest absolute Gasteiger partial charge is 0.310 e. The molecule has 98 valence electrons. The van der Waals surface area contributed by atoms with E-state index in [0.29, 0.717) is 13.1 Å². The van der Waals surface area contributed by atoms with Gasteiger partial charge < -0.3 is 14.1 Å². The topological polar surface area (TPSA) is 59.8 Å². The first-order valence-corrected chi connectivity index (χ1v) is 6.03. The molecule has 0 spiro atoms. The number of carbonyl (C=O) groups is 2. The number of carbonyl (C=O) groups excluding carboxylic acids is 2. The van der Waals surface area contributed by atoms with Gasteiger partial charge in [0, 0.05) is 13.1 Å². The Hall–Kier alpha value is -1.49. The SMILES string of the molecule is COC(=O)C1CN(C(=O)c2ccc(Cl)o2)CC1C. The molecule has 0 radical (unpaired) electrons. The van der Waals surface area contributed by atoms with E-state index in [4.69, 9.17) is 20.8 Å². The van der Waals surface area contributed by atoms with Gasteiger partial charge in [0.1, 0.15) is 0 Å². The number of rotatable bonds is 2. The van der Waals surface area contributed by atoms with Gasteiger partial charge in [0.15, 0.2) is 11.0 Å². The molecule has 6 heteroatoms. The molecule has 2 atom stereocenters. The van der Waals surface area contributed by atoms with Crippen LogP contribution in [-0.4, -0.2) is 37.0 Å². The summed E-state index contributed by atoms with van der Waals surface area (Å²) >= 11 is 5.63. The van der Waals surface area contributed by atoms with Crippen LogP contribution in [0.2, 0.25) is 5.22 Å². The Morgan fingerprint density at radius 3 is 2.72 bits per heavy atom. The van der Waals surface area contributed by atoms with Gasteiger partial charge in [0.2, 0.25) is 0 Å². The molecule has 2 unspecified atom stereocenters. The van der Waals surface area contributed by atoms with Crippen molar-refractivity contribution in [2.24, 2.45) is 11.8 Å². The number of likely N-dealkylation sites (tertiary alicyclic amines) is 1. The van der Waals surface area contributed by atoms with Gasteiger partial charge in [-0.25, -0.2) is 0 Å². The molecule has 0 aromatic carbocycles. The van der Waals surface area contributed by atoms with E-state index in [-0.39, 0.29) is 34.7 Å². The van der Waals surface area contributed by atoms with Crippen molar-refractivity contribution in [3.05, 3.63) is 23.1 Å². The van der Waals surface area contributed by atoms with Gasteiger partial charge >= 0.3 is 5.97 Å². The van der Waals surface area contributed by atoms with Gasteiger partial charge in [-0.05, 0) is 29.7 Å². The largest absolute Gasteiger partial charge is 0.469 e. The highest BCUT2D eigenvalue weighted by molar-refractivity contribution is 6.29. The zero-order valence-electron chi connectivity index (χ0n) is 10.2. The molecule has 1 aromatic rings. The van der Waals surface area contributed by atoms with Gasteiger partial charge in [-0.15, -0.1) is 0 Å². The Bertz CT molecular complexity index is 470. The van der Waals surface area contributed by atoms with Crippen LogP contribution in [0.5, 0.6) is 0 Å². The summed E-state index contributed by atoms with van der Waals surface area (Å²) in [7, 11) is 1.35. The molecular formula is C12H14ClNO4. The summed E-state index contributed by atoms with van der Waals surface area (Å²) in [6.45, 7) is 2.78. The lowest BCUT2D eigenvalue weighted by Gasteiger charge is -2.13. The molecule has 0 saturated carbocycles. The molecule has 0 N–H and O–H groups in total. The Labute approximate surface area is 110 Å². The van der Waals surface area contributed by atoms with Gasteiger partial charge in [0.25, 0.3) is 5.91 Å². The summed E-state index contributed by atoms with van der Waals surface area (Å²) < 4.78 is 9.79. The van der Waals surface area contributed by atoms with E-state index in [1.54, 1.807) is 4.90 Å². The number of methoxy groups -OCH3 is 1. The fraction of sp³-hybridized carbons (Fsp3) is 0.500. The number of amides is 1. The highest BCUT2D eigenvalue weighted by Gasteiger charge is 2.38. The second-order valence-corrected chi connectivity index (χ2v) is 4.79. The fourth-order valence-corrected chi connectivity index (χ4v) is 2.32. The van der Waals surface area contributed by atoms with E-state index in [1.165, 1.54) is 19.2 Å². The van der Waals surface area contributed by atoms with E-state index in [9.17, 15) is 9.59 Å². The number of furan rings is 1. The van der Waals surface area contributed by atoms with Crippen molar-refractivity contribution in [3.8, 4) is 0 Å². The minimum atomic E-state index is -0.282. The third-order valence-corrected chi connectivity index (χ3v) is 3.39. The van der Waals surface area contributed by atoms with Crippen molar-refractivity contribution < 1.29 is 18.7 Å². The molecule has 1 amide bonds. The molecule has 18 heavy (non-hydrogen) atoms. The standard InChI is InChI=1S/C12H14ClNO4/c1-7-5-14(6-8(7)12(16)17-2)11(15)9-3-4-10(13)18-9/h3-4,7-8H,5-6H2,1-2H3. The highest BCUT2D eigenvalue weighted by Crippen LogP contribution is 2.26. The summed E-state index contributed by atoms with van der Waals surface area (Å²) in [4.78, 5) is 25.2. The van der Waals surface area contributed by atoms with E-state index in [1.807, 2.05) is 6.92 Å². The van der Waals surface area contributed by atoms with E-state index in [0.717, 1.165) is 0 Å². The average molecular weight is 272 g/mol. The maximum absolute atomic E-state index is 12.1. The molecule has 1 aromatic heterocycles. The van der Waals surface area contributed by atoms with Crippen LogP contribution in [0, 0.1) is 11.8 Å². The molecular weight excluding hydrogens is 258 g/mol. The number of ether oxygens (including phenoxy) is 1. The molecule has 2 rings (SSSR count). The van der Waals surface area contributed by atoms with Crippen molar-refractivity contribution in [1.82, 2.24) is 4.90 Å². The summed E-state index contributed by atoms with van der Waals surface area (Å²) in [5.41, 5.74) is 0. The third kappa shape index (κ3) is 2.36. The fourth-order valence-electron chi connectivity index (χ4n) is 2.18. The van der Waals surface area contributed by atoms with E-state index >= 15 is 0 Å². The Balaban J connectivity index is 2.08. The Kier molecular flexibility index (Phi) is 3.61. The first-order chi connectivity index (χ1) is 8.52. The van der Waals surface area contributed by atoms with E-state index < -0.39 is 0 Å². The molecule has 5 nitrogen and oxygen atoms in total. The van der Waals surface area contributed by atoms with Gasteiger partial charge in [-0.3, -0.25) is 9.59 Å². The van der Waals surface area contributed by atoms with Crippen LogP contribution in [-0.2, 0) is 9.53 Å². The molecule has 2 heterocycles. The van der Waals surface area contributed by atoms with Crippen molar-refractivity contribution >= 4 is 23.5 Å². The zero-order valence-corrected chi connectivity index (χ0v) is 10.9. The van der Waals surface area contributed by atoms with Gasteiger partial charge in [0.05, 0.1) is 13.0 Å². The number of nitrogens with zero attached hydrogens (tertiary/aromatic N) is 1. The molecule has 1 aliphatic rings. The van der Waals surface area contributed by atoms with E-state index in [2.05, 4.69) is 0 Å². The van der Waals surface area contributed by atoms with Crippen LogP contribution < -0.4 is 0 Å². The van der Waals surface area contributed by atoms with Crippen LogP contribution in [0.25, 0.3) is 0 Å². The molecule has 1 saturated heterocycles. The maximum Gasteiger partial charge on any atom is 0.310 e. The lowest BCUT2D eigenvalue weighted by atomic mass is 9.99. The van der Waals surface area contributed by atoms with Gasteiger partial charge in [-0.1, -0.05) is 6.92 Å². The minimum Gasteiger partial charge on any atom is -0.469 e. The lowest BCUT2D eigenvalue weighted by Crippen LogP contribution is -2.29. The predicted molar refractivity (Wildman–Crippen MR) is 64.3 cm³/mol. The maximum atomic E-state index is 12.1. The van der Waals surface area contributed by atoms with Crippen molar-refractivity contribution in [2.45, 2.75) is 6.92 Å². The molecule has 0 aliphatic carbocycles. The second-order valence-electron chi connectivity index (χ2n) is 4.42. The molecule has 1 fully saturated rings. The summed E-state index contributed by atoms with van der Waals surface area (Å²) in [5, 5.41) is 0.176. The number of hydrogen-bond donors (Lipinski definition) is 0. The quantitative estimate of drug-likeness (QED) is 0.770. The number of hydrogen-bond acceptors (Lipinski definition) is 4. The first-order valence-electron chi connectivity index (χ1n) is 5.65. The monoisotopic (exact) mass is 271 g/mol. The van der Waals surface area contributed by atoms with Crippen LogP contribution in [0.15, 0.2) is 16.5 Å². The number of esters is 1. The van der Waals surface area contributed by atoms with Crippen molar-refractivity contribution in [1.29, 1.82) is 0 Å². The second kappa shape index (κ2) is 5.02. The summed E-state index contributed by atoms with van der Waals surface area (Å²) in [6, 6.07) is 3.05. The predicted octanol–water partition coefficient (Wildman–Crippen LogP) is 1.81. The molecule has 1 aliphatic heterocycles. The highest BCUT2D eigenvalue weighted by atomic mass is 35.5. The summed E-state index contributed by atoms with van der Waals surface area (Å²) in [5.74, 6) is -0.538. The molecule has 0 bridgehead atoms. The van der Waals surface area contributed by atoms with Crippen molar-refractivity contribution in [3.63, 3.8) is 0 Å². The lowest BCUT2D eigenvalue weighted by molar-refractivity contribution is -0.146. The minimum absolute atomic E-state index is 0.0758. The Morgan fingerprint density at radius 1 is 1.44 bits per heavy atom. The van der Waals surface area contributed by atoms with Crippen LogP contribution >= 0.6 is 11.6 Å². The average Bonchev–Trinajstić information content (AvgIpc) is 2.94. The van der Waals surface area contributed by atoms with Crippen molar-refractivity contribution in [2.75, 3.05) is 20.2 Å². The van der Waals surface area contributed by atoms with Crippen LogP contribution in [0.4, 0.5) is 0 Å². The Morgan fingerprint density at radius 2 is 2.17 bits per heavy atom. The number of halogens is 1. The summed E-state index contributed by atoms with van der Waals surface area (Å²) in [6.07, 6.45) is 0.